The lowest BCUT2D eigenvalue weighted by Gasteiger charge is -2.04. The number of hydrazone groups is 1. The van der Waals surface area contributed by atoms with Crippen LogP contribution in [0.2, 0.25) is 10.0 Å². The zero-order valence-electron chi connectivity index (χ0n) is 12.7. The second-order valence-electron chi connectivity index (χ2n) is 5.08. The molecule has 0 atom stereocenters. The molecule has 1 N–H and O–H groups in total. The van der Waals surface area contributed by atoms with E-state index in [-0.39, 0.29) is 5.75 Å². The first kappa shape index (κ1) is 19.3. The first-order valence-electron chi connectivity index (χ1n) is 7.43. The SMILES string of the molecule is CCCCCCCCS(=O)(=O)N/N=C\c1cccc(Cl)c1Cl. The average molecular weight is 365 g/mol. The van der Waals surface area contributed by atoms with E-state index in [0.29, 0.717) is 22.0 Å². The normalized spacial score (nSPS) is 12.0. The molecule has 0 radical (unpaired) electrons. The van der Waals surface area contributed by atoms with E-state index in [1.807, 2.05) is 0 Å². The van der Waals surface area contributed by atoms with Crippen molar-refractivity contribution in [3.8, 4) is 0 Å². The van der Waals surface area contributed by atoms with Gasteiger partial charge in [0.05, 0.1) is 22.0 Å². The van der Waals surface area contributed by atoms with Crippen molar-refractivity contribution < 1.29 is 8.42 Å². The summed E-state index contributed by atoms with van der Waals surface area (Å²) < 4.78 is 23.6. The number of unbranched alkanes of at least 4 members (excludes halogenated alkanes) is 5. The van der Waals surface area contributed by atoms with Crippen molar-refractivity contribution in [1.29, 1.82) is 0 Å². The van der Waals surface area contributed by atoms with Gasteiger partial charge < -0.3 is 0 Å². The van der Waals surface area contributed by atoms with Crippen molar-refractivity contribution in [1.82, 2.24) is 4.83 Å². The summed E-state index contributed by atoms with van der Waals surface area (Å²) in [6.07, 6.45) is 7.54. The second-order valence-corrected chi connectivity index (χ2v) is 7.68. The van der Waals surface area contributed by atoms with E-state index in [2.05, 4.69) is 16.9 Å². The molecule has 7 heteroatoms. The van der Waals surface area contributed by atoms with Crippen LogP contribution in [0, 0.1) is 0 Å². The maximum Gasteiger partial charge on any atom is 0.247 e. The second kappa shape index (κ2) is 10.1. The Kier molecular flexibility index (Phi) is 8.83. The van der Waals surface area contributed by atoms with Gasteiger partial charge in [0.1, 0.15) is 0 Å². The van der Waals surface area contributed by atoms with E-state index >= 15 is 0 Å². The van der Waals surface area contributed by atoms with Crippen molar-refractivity contribution in [2.75, 3.05) is 5.75 Å². The molecule has 0 fully saturated rings. The molecule has 4 nitrogen and oxygen atoms in total. The molecule has 0 aromatic heterocycles. The van der Waals surface area contributed by atoms with Gasteiger partial charge in [-0.2, -0.15) is 5.10 Å². The smallest absolute Gasteiger partial charge is 0.205 e. The predicted octanol–water partition coefficient (Wildman–Crippen LogP) is 4.61. The van der Waals surface area contributed by atoms with Crippen molar-refractivity contribution in [3.05, 3.63) is 33.8 Å². The van der Waals surface area contributed by atoms with Crippen LogP contribution in [0.25, 0.3) is 0 Å². The Labute approximate surface area is 142 Å². The highest BCUT2D eigenvalue weighted by Crippen LogP contribution is 2.24. The fraction of sp³-hybridized carbons (Fsp3) is 0.533. The highest BCUT2D eigenvalue weighted by atomic mass is 35.5. The molecule has 0 spiro atoms. The fourth-order valence-corrected chi connectivity index (χ4v) is 3.16. The Hall–Kier alpha value is -0.780. The number of halogens is 2. The van der Waals surface area contributed by atoms with Crippen LogP contribution in [0.4, 0.5) is 0 Å². The van der Waals surface area contributed by atoms with Crippen molar-refractivity contribution >= 4 is 39.4 Å². The molecule has 0 amide bonds. The Balaban J connectivity index is 2.38. The van der Waals surface area contributed by atoms with Gasteiger partial charge in [0.2, 0.25) is 10.0 Å². The van der Waals surface area contributed by atoms with Crippen LogP contribution in [-0.2, 0) is 10.0 Å². The number of nitrogens with zero attached hydrogens (tertiary/aromatic N) is 1. The minimum absolute atomic E-state index is 0.0831. The van der Waals surface area contributed by atoms with Gasteiger partial charge in [0, 0.05) is 5.56 Å². The number of hydrogen-bond donors (Lipinski definition) is 1. The summed E-state index contributed by atoms with van der Waals surface area (Å²) in [4.78, 5) is 2.20. The number of benzene rings is 1. The van der Waals surface area contributed by atoms with Crippen LogP contribution in [0.1, 0.15) is 51.0 Å². The maximum absolute atomic E-state index is 11.8. The lowest BCUT2D eigenvalue weighted by atomic mass is 10.1. The minimum atomic E-state index is -3.39. The number of rotatable bonds is 10. The van der Waals surface area contributed by atoms with E-state index < -0.39 is 10.0 Å². The van der Waals surface area contributed by atoms with Gasteiger partial charge >= 0.3 is 0 Å². The quantitative estimate of drug-likeness (QED) is 0.374. The van der Waals surface area contributed by atoms with Crippen LogP contribution in [0.15, 0.2) is 23.3 Å². The molecule has 124 valence electrons. The lowest BCUT2D eigenvalue weighted by molar-refractivity contribution is 0.573. The van der Waals surface area contributed by atoms with Gasteiger partial charge in [-0.3, -0.25) is 0 Å². The molecule has 1 rings (SSSR count). The van der Waals surface area contributed by atoms with E-state index in [9.17, 15) is 8.42 Å². The standard InChI is InChI=1S/C15H22Cl2N2O2S/c1-2-3-4-5-6-7-11-22(20,21)19-18-12-13-9-8-10-14(16)15(13)17/h8-10,12,19H,2-7,11H2,1H3/b18-12-. The molecule has 0 aliphatic heterocycles. The van der Waals surface area contributed by atoms with Gasteiger partial charge in [0.15, 0.2) is 0 Å². The molecule has 1 aromatic rings. The monoisotopic (exact) mass is 364 g/mol. The summed E-state index contributed by atoms with van der Waals surface area (Å²) in [5.74, 6) is 0.0831. The molecule has 0 bridgehead atoms. The molecule has 0 aliphatic carbocycles. The van der Waals surface area contributed by atoms with E-state index in [1.54, 1.807) is 18.2 Å². The van der Waals surface area contributed by atoms with Crippen LogP contribution in [0.3, 0.4) is 0 Å². The molecule has 0 aliphatic rings. The zero-order valence-corrected chi connectivity index (χ0v) is 15.0. The first-order chi connectivity index (χ1) is 10.5. The van der Waals surface area contributed by atoms with Gasteiger partial charge in [-0.15, -0.1) is 0 Å². The summed E-state index contributed by atoms with van der Waals surface area (Å²) in [5, 5.41) is 4.49. The molecule has 0 heterocycles. The third kappa shape index (κ3) is 7.47. The Morgan fingerprint density at radius 3 is 2.55 bits per heavy atom. The molecular formula is C15H22Cl2N2O2S. The molecule has 0 saturated heterocycles. The zero-order chi connectivity index (χ0) is 16.4. The Morgan fingerprint density at radius 1 is 1.14 bits per heavy atom. The summed E-state index contributed by atoms with van der Waals surface area (Å²) in [6.45, 7) is 2.15. The summed E-state index contributed by atoms with van der Waals surface area (Å²) in [7, 11) is -3.39. The van der Waals surface area contributed by atoms with Gasteiger partial charge in [0.25, 0.3) is 0 Å². The fourth-order valence-electron chi connectivity index (χ4n) is 1.91. The first-order valence-corrected chi connectivity index (χ1v) is 9.83. The van der Waals surface area contributed by atoms with Crippen molar-refractivity contribution in [2.24, 2.45) is 5.10 Å². The largest absolute Gasteiger partial charge is 0.247 e. The number of sulfonamides is 1. The summed E-state index contributed by atoms with van der Waals surface area (Å²) >= 11 is 11.9. The maximum atomic E-state index is 11.8. The molecular weight excluding hydrogens is 343 g/mol. The highest BCUT2D eigenvalue weighted by molar-refractivity contribution is 7.89. The topological polar surface area (TPSA) is 58.5 Å². The third-order valence-corrected chi connectivity index (χ3v) is 5.19. The van der Waals surface area contributed by atoms with Gasteiger partial charge in [-0.1, -0.05) is 74.4 Å². The Morgan fingerprint density at radius 2 is 1.82 bits per heavy atom. The van der Waals surface area contributed by atoms with E-state index in [1.165, 1.54) is 19.1 Å². The summed E-state index contributed by atoms with van der Waals surface area (Å²) in [6, 6.07) is 5.09. The van der Waals surface area contributed by atoms with Crippen molar-refractivity contribution in [3.63, 3.8) is 0 Å². The minimum Gasteiger partial charge on any atom is -0.205 e. The molecule has 0 saturated carbocycles. The number of nitrogens with one attached hydrogen (secondary N) is 1. The van der Waals surface area contributed by atoms with Crippen LogP contribution >= 0.6 is 23.2 Å². The van der Waals surface area contributed by atoms with Crippen molar-refractivity contribution in [2.45, 2.75) is 45.4 Å². The molecule has 22 heavy (non-hydrogen) atoms. The predicted molar refractivity (Wildman–Crippen MR) is 94.4 cm³/mol. The average Bonchev–Trinajstić information content (AvgIpc) is 2.47. The van der Waals surface area contributed by atoms with Gasteiger partial charge in [-0.25, -0.2) is 13.2 Å². The molecule has 1 aromatic carbocycles. The van der Waals surface area contributed by atoms with Crippen LogP contribution in [-0.4, -0.2) is 20.4 Å². The van der Waals surface area contributed by atoms with Crippen LogP contribution in [0.5, 0.6) is 0 Å². The number of hydrogen-bond acceptors (Lipinski definition) is 3. The van der Waals surface area contributed by atoms with Crippen LogP contribution < -0.4 is 4.83 Å². The van der Waals surface area contributed by atoms with E-state index in [4.69, 9.17) is 23.2 Å². The summed E-state index contributed by atoms with van der Waals surface area (Å²) in [5.41, 5.74) is 0.566. The lowest BCUT2D eigenvalue weighted by Crippen LogP contribution is -2.21. The Bertz CT molecular complexity index is 589. The highest BCUT2D eigenvalue weighted by Gasteiger charge is 2.08. The van der Waals surface area contributed by atoms with E-state index in [0.717, 1.165) is 19.3 Å². The third-order valence-electron chi connectivity index (χ3n) is 3.14. The molecule has 0 unspecified atom stereocenters. The van der Waals surface area contributed by atoms with Gasteiger partial charge in [-0.05, 0) is 12.5 Å².